The molecule has 0 spiro atoms. The van der Waals surface area contributed by atoms with Crippen molar-refractivity contribution in [2.24, 2.45) is 5.92 Å². The van der Waals surface area contributed by atoms with Crippen molar-refractivity contribution in [2.75, 3.05) is 6.54 Å². The summed E-state index contributed by atoms with van der Waals surface area (Å²) in [5.74, 6) is 0.0430. The Labute approximate surface area is 118 Å². The lowest BCUT2D eigenvalue weighted by Crippen LogP contribution is -2.42. The number of hydrogen-bond donors (Lipinski definition) is 1. The molecule has 3 rings (SSSR count). The molecule has 0 aromatic heterocycles. The largest absolute Gasteiger partial charge is 0.387 e. The Hall–Kier alpha value is -1.42. The zero-order valence-corrected chi connectivity index (χ0v) is 11.5. The predicted molar refractivity (Wildman–Crippen MR) is 73.4 cm³/mol. The Morgan fingerprint density at radius 3 is 2.40 bits per heavy atom. The highest BCUT2D eigenvalue weighted by atomic mass is 19.1. The monoisotopic (exact) mass is 277 g/mol. The highest BCUT2D eigenvalue weighted by molar-refractivity contribution is 5.80. The molecular weight excluding hydrogens is 257 g/mol. The van der Waals surface area contributed by atoms with Crippen LogP contribution < -0.4 is 0 Å². The van der Waals surface area contributed by atoms with Gasteiger partial charge in [-0.1, -0.05) is 18.6 Å². The second-order valence-electron chi connectivity index (χ2n) is 5.92. The van der Waals surface area contributed by atoms with Crippen molar-refractivity contribution in [3.63, 3.8) is 0 Å². The molecule has 1 aromatic rings. The molecule has 0 bridgehead atoms. The molecule has 1 N–H and O–H groups in total. The van der Waals surface area contributed by atoms with Crippen LogP contribution in [0.1, 0.15) is 43.8 Å². The van der Waals surface area contributed by atoms with Crippen molar-refractivity contribution >= 4 is 5.91 Å². The molecule has 2 aliphatic rings. The lowest BCUT2D eigenvalue weighted by molar-refractivity contribution is -0.140. The van der Waals surface area contributed by atoms with E-state index in [4.69, 9.17) is 0 Å². The van der Waals surface area contributed by atoms with Crippen molar-refractivity contribution in [3.05, 3.63) is 35.6 Å². The minimum Gasteiger partial charge on any atom is -0.387 e. The minimum absolute atomic E-state index is 0.163. The Kier molecular flexibility index (Phi) is 3.74. The van der Waals surface area contributed by atoms with Crippen molar-refractivity contribution in [3.8, 4) is 0 Å². The van der Waals surface area contributed by atoms with Gasteiger partial charge in [-0.25, -0.2) is 4.39 Å². The van der Waals surface area contributed by atoms with Crippen LogP contribution in [-0.4, -0.2) is 28.5 Å². The molecule has 1 atom stereocenters. The van der Waals surface area contributed by atoms with Crippen LogP contribution in [0.15, 0.2) is 24.3 Å². The second kappa shape index (κ2) is 5.52. The first-order valence-corrected chi connectivity index (χ1v) is 7.39. The Morgan fingerprint density at radius 2 is 1.90 bits per heavy atom. The number of aliphatic hydroxyl groups excluding tert-OH is 1. The van der Waals surface area contributed by atoms with Gasteiger partial charge in [0, 0.05) is 12.0 Å². The van der Waals surface area contributed by atoms with Gasteiger partial charge in [-0.05, 0) is 43.4 Å². The Morgan fingerprint density at radius 1 is 1.25 bits per heavy atom. The summed E-state index contributed by atoms with van der Waals surface area (Å²) in [4.78, 5) is 14.2. The lowest BCUT2D eigenvalue weighted by Gasteiger charge is -2.33. The number of benzene rings is 1. The van der Waals surface area contributed by atoms with Gasteiger partial charge in [0.15, 0.2) is 0 Å². The van der Waals surface area contributed by atoms with Gasteiger partial charge in [0.1, 0.15) is 5.82 Å². The maximum Gasteiger partial charge on any atom is 0.226 e. The molecule has 20 heavy (non-hydrogen) atoms. The molecule has 1 aromatic carbocycles. The summed E-state index contributed by atoms with van der Waals surface area (Å²) >= 11 is 0. The topological polar surface area (TPSA) is 40.5 Å². The molecule has 4 heteroatoms. The average molecular weight is 277 g/mol. The van der Waals surface area contributed by atoms with Gasteiger partial charge in [-0.2, -0.15) is 0 Å². The van der Waals surface area contributed by atoms with Crippen molar-refractivity contribution in [2.45, 2.75) is 44.2 Å². The van der Waals surface area contributed by atoms with E-state index in [0.717, 1.165) is 32.1 Å². The first-order valence-electron chi connectivity index (χ1n) is 7.39. The van der Waals surface area contributed by atoms with E-state index in [1.54, 1.807) is 12.1 Å². The maximum absolute atomic E-state index is 12.9. The summed E-state index contributed by atoms with van der Waals surface area (Å²) in [6.45, 7) is 0.325. The summed E-state index contributed by atoms with van der Waals surface area (Å²) in [6.07, 6.45) is 4.43. The molecule has 1 unspecified atom stereocenters. The van der Waals surface area contributed by atoms with E-state index in [1.807, 2.05) is 4.90 Å². The SMILES string of the molecule is O=C(C1CCC1)N(CC(O)c1ccc(F)cc1)C1CC1. The summed E-state index contributed by atoms with van der Waals surface area (Å²) in [5, 5.41) is 10.3. The fourth-order valence-electron chi connectivity index (χ4n) is 2.67. The second-order valence-corrected chi connectivity index (χ2v) is 5.92. The number of carbonyl (C=O) groups excluding carboxylic acids is 1. The van der Waals surface area contributed by atoms with E-state index in [-0.39, 0.29) is 17.6 Å². The van der Waals surface area contributed by atoms with Gasteiger partial charge in [0.2, 0.25) is 5.91 Å². The Bertz CT molecular complexity index is 480. The fourth-order valence-corrected chi connectivity index (χ4v) is 2.67. The first-order chi connectivity index (χ1) is 9.65. The number of rotatable bonds is 5. The van der Waals surface area contributed by atoms with E-state index in [1.165, 1.54) is 12.1 Å². The molecule has 0 heterocycles. The van der Waals surface area contributed by atoms with Gasteiger partial charge in [-0.15, -0.1) is 0 Å². The van der Waals surface area contributed by atoms with Gasteiger partial charge in [0.25, 0.3) is 0 Å². The summed E-state index contributed by atoms with van der Waals surface area (Å²) < 4.78 is 12.9. The highest BCUT2D eigenvalue weighted by Crippen LogP contribution is 2.35. The lowest BCUT2D eigenvalue weighted by atomic mass is 9.84. The number of carbonyl (C=O) groups is 1. The van der Waals surface area contributed by atoms with E-state index in [9.17, 15) is 14.3 Å². The molecule has 0 aliphatic heterocycles. The quantitative estimate of drug-likeness (QED) is 0.899. The molecule has 0 radical (unpaired) electrons. The number of aliphatic hydroxyl groups is 1. The van der Waals surface area contributed by atoms with Crippen LogP contribution in [0.25, 0.3) is 0 Å². The maximum atomic E-state index is 12.9. The molecule has 2 fully saturated rings. The van der Waals surface area contributed by atoms with Gasteiger partial charge >= 0.3 is 0 Å². The average Bonchev–Trinajstić information content (AvgIpc) is 3.18. The van der Waals surface area contributed by atoms with E-state index in [2.05, 4.69) is 0 Å². The van der Waals surface area contributed by atoms with E-state index >= 15 is 0 Å². The molecule has 108 valence electrons. The van der Waals surface area contributed by atoms with Crippen LogP contribution in [0.2, 0.25) is 0 Å². The third-order valence-electron chi connectivity index (χ3n) is 4.35. The van der Waals surface area contributed by atoms with Crippen LogP contribution in [0, 0.1) is 11.7 Å². The highest BCUT2D eigenvalue weighted by Gasteiger charge is 2.38. The van der Waals surface area contributed by atoms with Crippen LogP contribution in [0.3, 0.4) is 0 Å². The fraction of sp³-hybridized carbons (Fsp3) is 0.562. The normalized spacial score (nSPS) is 20.3. The molecule has 1 amide bonds. The van der Waals surface area contributed by atoms with Crippen LogP contribution in [0.4, 0.5) is 4.39 Å². The minimum atomic E-state index is -0.736. The van der Waals surface area contributed by atoms with Gasteiger partial charge in [0.05, 0.1) is 12.6 Å². The molecule has 3 nitrogen and oxygen atoms in total. The summed E-state index contributed by atoms with van der Waals surface area (Å²) in [7, 11) is 0. The van der Waals surface area contributed by atoms with Crippen molar-refractivity contribution < 1.29 is 14.3 Å². The Balaban J connectivity index is 1.66. The van der Waals surface area contributed by atoms with Crippen LogP contribution in [0.5, 0.6) is 0 Å². The predicted octanol–water partition coefficient (Wildman–Crippen LogP) is 2.65. The first kappa shape index (κ1) is 13.6. The zero-order valence-electron chi connectivity index (χ0n) is 11.5. The number of hydrogen-bond acceptors (Lipinski definition) is 2. The van der Waals surface area contributed by atoms with E-state index < -0.39 is 6.10 Å². The van der Waals surface area contributed by atoms with Crippen LogP contribution in [-0.2, 0) is 4.79 Å². The zero-order chi connectivity index (χ0) is 14.1. The summed E-state index contributed by atoms with van der Waals surface area (Å²) in [5.41, 5.74) is 0.665. The smallest absolute Gasteiger partial charge is 0.226 e. The van der Waals surface area contributed by atoms with E-state index in [0.29, 0.717) is 18.2 Å². The molecule has 2 aliphatic carbocycles. The molecule has 0 saturated heterocycles. The van der Waals surface area contributed by atoms with Gasteiger partial charge in [-0.3, -0.25) is 4.79 Å². The number of halogens is 1. The number of nitrogens with zero attached hydrogens (tertiary/aromatic N) is 1. The van der Waals surface area contributed by atoms with Crippen molar-refractivity contribution in [1.29, 1.82) is 0 Å². The molecular formula is C16H20FNO2. The van der Waals surface area contributed by atoms with Crippen LogP contribution >= 0.6 is 0 Å². The molecule has 2 saturated carbocycles. The summed E-state index contributed by atoms with van der Waals surface area (Å²) in [6, 6.07) is 6.15. The standard InChI is InChI=1S/C16H20FNO2/c17-13-6-4-11(5-7-13)15(19)10-18(14-8-9-14)16(20)12-2-1-3-12/h4-7,12,14-15,19H,1-3,8-10H2. The van der Waals surface area contributed by atoms with Gasteiger partial charge < -0.3 is 10.0 Å². The van der Waals surface area contributed by atoms with Crippen molar-refractivity contribution in [1.82, 2.24) is 4.90 Å². The third-order valence-corrected chi connectivity index (χ3v) is 4.35. The third kappa shape index (κ3) is 2.85. The number of amides is 1.